The minimum atomic E-state index is -1.07. The summed E-state index contributed by atoms with van der Waals surface area (Å²) >= 11 is 0. The monoisotopic (exact) mass is 246 g/mol. The lowest BCUT2D eigenvalue weighted by molar-refractivity contribution is -0.143. The molecule has 0 spiro atoms. The molecule has 6 nitrogen and oxygen atoms in total. The van der Waals surface area contributed by atoms with Gasteiger partial charge in [-0.2, -0.15) is 0 Å². The Kier molecular flexibility index (Phi) is 6.12. The second-order valence-corrected chi connectivity index (χ2v) is 4.40. The first kappa shape index (κ1) is 15.9. The van der Waals surface area contributed by atoms with Crippen molar-refractivity contribution in [1.29, 1.82) is 0 Å². The van der Waals surface area contributed by atoms with E-state index in [1.165, 1.54) is 6.92 Å². The molecule has 1 amide bonds. The summed E-state index contributed by atoms with van der Waals surface area (Å²) in [6.07, 6.45) is 0. The van der Waals surface area contributed by atoms with Crippen molar-refractivity contribution in [2.24, 2.45) is 0 Å². The maximum Gasteiger partial charge on any atom is 0.325 e. The van der Waals surface area contributed by atoms with Crippen LogP contribution in [0.3, 0.4) is 0 Å². The molecule has 6 heteroatoms. The highest BCUT2D eigenvalue weighted by Crippen LogP contribution is 2.14. The number of carbonyl (C=O) groups excluding carboxylic acids is 1. The highest BCUT2D eigenvalue weighted by Gasteiger charge is 2.34. The number of aliphatic hydroxyl groups is 1. The van der Waals surface area contributed by atoms with E-state index in [2.05, 4.69) is 5.32 Å². The summed E-state index contributed by atoms with van der Waals surface area (Å²) in [6, 6.07) is -0.922. The molecule has 0 bridgehead atoms. The molecule has 3 N–H and O–H groups in total. The van der Waals surface area contributed by atoms with Crippen molar-refractivity contribution in [2.45, 2.75) is 39.3 Å². The van der Waals surface area contributed by atoms with Gasteiger partial charge in [0, 0.05) is 6.54 Å². The highest BCUT2D eigenvalue weighted by atomic mass is 16.4. The van der Waals surface area contributed by atoms with Crippen LogP contribution in [0.25, 0.3) is 0 Å². The lowest BCUT2D eigenvalue weighted by Gasteiger charge is -2.36. The summed E-state index contributed by atoms with van der Waals surface area (Å²) < 4.78 is 0. The van der Waals surface area contributed by atoms with Gasteiger partial charge in [-0.1, -0.05) is 6.92 Å². The Hall–Kier alpha value is -1.14. The van der Waals surface area contributed by atoms with Gasteiger partial charge in [0.25, 0.3) is 0 Å². The van der Waals surface area contributed by atoms with E-state index in [1.807, 2.05) is 6.92 Å². The standard InChI is InChI=1S/C11H22N2O4/c1-5-13(6-7-14)11(3,4)10(17)12-8(2)9(15)16/h8,14H,5-7H2,1-4H3,(H,12,17)(H,15,16). The van der Waals surface area contributed by atoms with Gasteiger partial charge in [0.05, 0.1) is 12.1 Å². The van der Waals surface area contributed by atoms with E-state index >= 15 is 0 Å². The smallest absolute Gasteiger partial charge is 0.325 e. The van der Waals surface area contributed by atoms with Gasteiger partial charge >= 0.3 is 5.97 Å². The largest absolute Gasteiger partial charge is 0.480 e. The third-order valence-corrected chi connectivity index (χ3v) is 2.82. The molecule has 1 unspecified atom stereocenters. The van der Waals surface area contributed by atoms with Crippen LogP contribution in [0.2, 0.25) is 0 Å². The first-order valence-electron chi connectivity index (χ1n) is 5.67. The Labute approximate surface area is 102 Å². The number of β-amino-alcohol motifs (C(OH)–C–C–N with tert-alkyl or cyclic N) is 1. The Morgan fingerprint density at radius 1 is 1.41 bits per heavy atom. The number of hydrogen-bond donors (Lipinski definition) is 3. The fourth-order valence-electron chi connectivity index (χ4n) is 1.53. The molecule has 1 atom stereocenters. The van der Waals surface area contributed by atoms with Crippen LogP contribution in [0.1, 0.15) is 27.7 Å². The van der Waals surface area contributed by atoms with E-state index in [4.69, 9.17) is 10.2 Å². The first-order chi connectivity index (χ1) is 7.77. The summed E-state index contributed by atoms with van der Waals surface area (Å²) in [5.74, 6) is -1.43. The first-order valence-corrected chi connectivity index (χ1v) is 5.67. The zero-order valence-electron chi connectivity index (χ0n) is 10.9. The van der Waals surface area contributed by atoms with Crippen LogP contribution in [0, 0.1) is 0 Å². The minimum Gasteiger partial charge on any atom is -0.480 e. The maximum atomic E-state index is 12.0. The molecular weight excluding hydrogens is 224 g/mol. The summed E-state index contributed by atoms with van der Waals surface area (Å²) in [6.45, 7) is 7.63. The molecule has 0 aromatic rings. The van der Waals surface area contributed by atoms with Crippen molar-refractivity contribution in [2.75, 3.05) is 19.7 Å². The van der Waals surface area contributed by atoms with Crippen LogP contribution in [0.4, 0.5) is 0 Å². The van der Waals surface area contributed by atoms with Crippen LogP contribution < -0.4 is 5.32 Å². The summed E-state index contributed by atoms with van der Waals surface area (Å²) in [5.41, 5.74) is -0.846. The second kappa shape index (κ2) is 6.56. The molecular formula is C11H22N2O4. The molecule has 0 aliphatic carbocycles. The van der Waals surface area contributed by atoms with Gasteiger partial charge in [-0.15, -0.1) is 0 Å². The predicted octanol–water partition coefficient (Wildman–Crippen LogP) is -0.331. The number of carboxylic acid groups (broad SMARTS) is 1. The van der Waals surface area contributed by atoms with Crippen molar-refractivity contribution in [3.63, 3.8) is 0 Å². The Bertz CT molecular complexity index is 279. The Balaban J connectivity index is 4.67. The fraction of sp³-hybridized carbons (Fsp3) is 0.818. The zero-order chi connectivity index (χ0) is 13.6. The third kappa shape index (κ3) is 4.32. The molecule has 0 radical (unpaired) electrons. The number of aliphatic hydroxyl groups excluding tert-OH is 1. The van der Waals surface area contributed by atoms with Gasteiger partial charge in [0.15, 0.2) is 0 Å². The van der Waals surface area contributed by atoms with Crippen molar-refractivity contribution < 1.29 is 19.8 Å². The molecule has 0 rings (SSSR count). The molecule has 17 heavy (non-hydrogen) atoms. The number of hydrogen-bond acceptors (Lipinski definition) is 4. The summed E-state index contributed by atoms with van der Waals surface area (Å²) in [5, 5.41) is 20.1. The van der Waals surface area contributed by atoms with E-state index < -0.39 is 17.6 Å². The van der Waals surface area contributed by atoms with Gasteiger partial charge in [-0.3, -0.25) is 14.5 Å². The SMILES string of the molecule is CCN(CCO)C(C)(C)C(=O)NC(C)C(=O)O. The topological polar surface area (TPSA) is 89.9 Å². The fourth-order valence-corrected chi connectivity index (χ4v) is 1.53. The number of nitrogens with zero attached hydrogens (tertiary/aromatic N) is 1. The Morgan fingerprint density at radius 3 is 2.29 bits per heavy atom. The predicted molar refractivity (Wildman–Crippen MR) is 63.7 cm³/mol. The zero-order valence-corrected chi connectivity index (χ0v) is 10.9. The molecule has 0 aliphatic rings. The van der Waals surface area contributed by atoms with Gasteiger partial charge in [-0.25, -0.2) is 0 Å². The second-order valence-electron chi connectivity index (χ2n) is 4.40. The maximum absolute atomic E-state index is 12.0. The number of rotatable bonds is 7. The highest BCUT2D eigenvalue weighted by molar-refractivity contribution is 5.89. The number of amides is 1. The number of nitrogens with one attached hydrogen (secondary N) is 1. The molecule has 0 saturated carbocycles. The number of aliphatic carboxylic acids is 1. The molecule has 0 saturated heterocycles. The third-order valence-electron chi connectivity index (χ3n) is 2.82. The quantitative estimate of drug-likeness (QED) is 0.572. The molecule has 0 aromatic heterocycles. The van der Waals surface area contributed by atoms with Gasteiger partial charge < -0.3 is 15.5 Å². The lowest BCUT2D eigenvalue weighted by atomic mass is 10.0. The van der Waals surface area contributed by atoms with Gasteiger partial charge in [-0.05, 0) is 27.3 Å². The molecule has 0 aromatic carbocycles. The van der Waals surface area contributed by atoms with E-state index in [0.29, 0.717) is 13.1 Å². The molecule has 100 valence electrons. The van der Waals surface area contributed by atoms with Crippen molar-refractivity contribution in [1.82, 2.24) is 10.2 Å². The average molecular weight is 246 g/mol. The molecule has 0 fully saturated rings. The molecule has 0 aliphatic heterocycles. The number of carboxylic acids is 1. The van der Waals surface area contributed by atoms with Crippen molar-refractivity contribution in [3.05, 3.63) is 0 Å². The van der Waals surface area contributed by atoms with E-state index in [1.54, 1.807) is 18.7 Å². The number of carbonyl (C=O) groups is 2. The van der Waals surface area contributed by atoms with Crippen LogP contribution in [0.5, 0.6) is 0 Å². The average Bonchev–Trinajstić information content (AvgIpc) is 2.24. The van der Waals surface area contributed by atoms with E-state index in [0.717, 1.165) is 0 Å². The molecule has 0 heterocycles. The van der Waals surface area contributed by atoms with Crippen molar-refractivity contribution in [3.8, 4) is 0 Å². The number of likely N-dealkylation sites (N-methyl/N-ethyl adjacent to an activating group) is 1. The lowest BCUT2D eigenvalue weighted by Crippen LogP contribution is -2.58. The van der Waals surface area contributed by atoms with E-state index in [-0.39, 0.29) is 12.5 Å². The van der Waals surface area contributed by atoms with Gasteiger partial charge in [0.2, 0.25) is 5.91 Å². The summed E-state index contributed by atoms with van der Waals surface area (Å²) in [7, 11) is 0. The van der Waals surface area contributed by atoms with Crippen LogP contribution in [0.15, 0.2) is 0 Å². The van der Waals surface area contributed by atoms with Crippen LogP contribution >= 0.6 is 0 Å². The minimum absolute atomic E-state index is 0.0426. The van der Waals surface area contributed by atoms with Crippen LogP contribution in [-0.4, -0.2) is 58.3 Å². The van der Waals surface area contributed by atoms with Crippen LogP contribution in [-0.2, 0) is 9.59 Å². The summed E-state index contributed by atoms with van der Waals surface area (Å²) in [4.78, 5) is 24.4. The van der Waals surface area contributed by atoms with Crippen molar-refractivity contribution >= 4 is 11.9 Å². The Morgan fingerprint density at radius 2 is 1.94 bits per heavy atom. The van der Waals surface area contributed by atoms with Gasteiger partial charge in [0.1, 0.15) is 6.04 Å². The van der Waals surface area contributed by atoms with E-state index in [9.17, 15) is 9.59 Å². The normalized spacial score (nSPS) is 13.5.